The van der Waals surface area contributed by atoms with Gasteiger partial charge in [-0.2, -0.15) is 0 Å². The summed E-state index contributed by atoms with van der Waals surface area (Å²) in [5.41, 5.74) is 0.699. The zero-order valence-electron chi connectivity index (χ0n) is 13.6. The average molecular weight is 427 g/mol. The van der Waals surface area contributed by atoms with E-state index in [1.54, 1.807) is 24.3 Å². The van der Waals surface area contributed by atoms with Crippen LogP contribution in [0, 0.1) is 0 Å². The number of carbonyl (C=O) groups is 2. The molecule has 0 aromatic heterocycles. The molecule has 0 fully saturated rings. The first kappa shape index (κ1) is 21.8. The van der Waals surface area contributed by atoms with Gasteiger partial charge in [0.15, 0.2) is 5.11 Å². The number of ether oxygens (including phenoxy) is 1. The van der Waals surface area contributed by atoms with Crippen molar-refractivity contribution >= 4 is 69.7 Å². The number of thiocarbonyl (C=S) groups is 1. The Labute approximate surface area is 166 Å². The Hall–Kier alpha value is -1.28. The summed E-state index contributed by atoms with van der Waals surface area (Å²) < 4.78 is 2.87. The Kier molecular flexibility index (Phi) is 8.71. The van der Waals surface area contributed by atoms with Gasteiger partial charge in [0.25, 0.3) is 0 Å². The third-order valence-electron chi connectivity index (χ3n) is 2.97. The minimum absolute atomic E-state index is 0.0597. The minimum atomic E-state index is -1.84. The van der Waals surface area contributed by atoms with Crippen molar-refractivity contribution in [1.82, 2.24) is 10.6 Å². The third-order valence-corrected chi connectivity index (χ3v) is 3.84. The number of esters is 1. The number of hydrogen-bond donors (Lipinski definition) is 3. The molecule has 0 bridgehead atoms. The van der Waals surface area contributed by atoms with E-state index in [1.807, 2.05) is 6.92 Å². The van der Waals surface area contributed by atoms with E-state index in [9.17, 15) is 9.59 Å². The molecule has 3 N–H and O–H groups in total. The molecule has 0 spiro atoms. The fraction of sp³-hybridized carbons (Fsp3) is 0.400. The van der Waals surface area contributed by atoms with Crippen LogP contribution in [-0.2, 0) is 9.53 Å². The lowest BCUT2D eigenvalue weighted by Gasteiger charge is -2.28. The van der Waals surface area contributed by atoms with Gasteiger partial charge in [-0.1, -0.05) is 53.9 Å². The minimum Gasteiger partial charge on any atom is -0.465 e. The van der Waals surface area contributed by atoms with Gasteiger partial charge in [0.05, 0.1) is 18.4 Å². The van der Waals surface area contributed by atoms with Gasteiger partial charge >= 0.3 is 5.97 Å². The van der Waals surface area contributed by atoms with Gasteiger partial charge in [-0.3, -0.25) is 4.79 Å². The maximum Gasteiger partial charge on any atom is 0.339 e. The molecule has 0 heterocycles. The lowest BCUT2D eigenvalue weighted by molar-refractivity contribution is -0.121. The Bertz CT molecular complexity index is 638. The molecule has 0 aliphatic heterocycles. The molecular formula is C15H18Cl3N3O3S. The highest BCUT2D eigenvalue weighted by Crippen LogP contribution is 2.29. The van der Waals surface area contributed by atoms with Crippen LogP contribution in [0.4, 0.5) is 5.69 Å². The summed E-state index contributed by atoms with van der Waals surface area (Å²) in [4.78, 5) is 23.5. The standard InChI is InChI=1S/C15H18Cl3N3O3S/c1-3-6-11(22)20-13(15(16,17)18)21-14(25)19-10-8-5-4-7-9(10)12(23)24-2/h4-5,7-8,13H,3,6H2,1-2H3,(H,20,22)(H2,19,21,25)/t13-/m0/s1. The molecule has 1 amide bonds. The van der Waals surface area contributed by atoms with Crippen LogP contribution in [0.5, 0.6) is 0 Å². The summed E-state index contributed by atoms with van der Waals surface area (Å²) in [6.45, 7) is 1.85. The van der Waals surface area contributed by atoms with E-state index >= 15 is 0 Å². The number of rotatable bonds is 6. The fourth-order valence-electron chi connectivity index (χ4n) is 1.83. The molecule has 1 aromatic carbocycles. The number of anilines is 1. The van der Waals surface area contributed by atoms with Crippen molar-refractivity contribution in [2.45, 2.75) is 29.7 Å². The molecule has 0 saturated carbocycles. The lowest BCUT2D eigenvalue weighted by Crippen LogP contribution is -2.56. The summed E-state index contributed by atoms with van der Waals surface area (Å²) in [7, 11) is 1.28. The smallest absolute Gasteiger partial charge is 0.339 e. The molecule has 0 aliphatic rings. The Morgan fingerprint density at radius 3 is 2.44 bits per heavy atom. The van der Waals surface area contributed by atoms with Gasteiger partial charge in [0, 0.05) is 6.42 Å². The molecule has 138 valence electrons. The molecule has 0 radical (unpaired) electrons. The summed E-state index contributed by atoms with van der Waals surface area (Å²) in [6, 6.07) is 6.61. The number of halogens is 3. The molecule has 25 heavy (non-hydrogen) atoms. The second-order valence-corrected chi connectivity index (χ2v) is 7.70. The van der Waals surface area contributed by atoms with Crippen molar-refractivity contribution in [3.63, 3.8) is 0 Å². The molecule has 10 heteroatoms. The number of methoxy groups -OCH3 is 1. The number of hydrogen-bond acceptors (Lipinski definition) is 4. The second kappa shape index (κ2) is 10.0. The van der Waals surface area contributed by atoms with E-state index in [1.165, 1.54) is 7.11 Å². The van der Waals surface area contributed by atoms with E-state index < -0.39 is 15.9 Å². The largest absolute Gasteiger partial charge is 0.465 e. The van der Waals surface area contributed by atoms with Crippen molar-refractivity contribution in [3.05, 3.63) is 29.8 Å². The number of alkyl halides is 3. The van der Waals surface area contributed by atoms with Gasteiger partial charge in [0.1, 0.15) is 6.17 Å². The van der Waals surface area contributed by atoms with Gasteiger partial charge in [-0.15, -0.1) is 0 Å². The first-order chi connectivity index (χ1) is 11.7. The Morgan fingerprint density at radius 1 is 1.24 bits per heavy atom. The van der Waals surface area contributed by atoms with E-state index in [4.69, 9.17) is 51.8 Å². The van der Waals surface area contributed by atoms with Gasteiger partial charge in [-0.25, -0.2) is 4.79 Å². The second-order valence-electron chi connectivity index (χ2n) is 4.93. The summed E-state index contributed by atoms with van der Waals surface area (Å²) in [5, 5.41) is 8.16. The van der Waals surface area contributed by atoms with E-state index in [-0.39, 0.29) is 23.0 Å². The number of carbonyl (C=O) groups excluding carboxylic acids is 2. The van der Waals surface area contributed by atoms with Crippen LogP contribution >= 0.6 is 47.0 Å². The number of amides is 1. The molecule has 1 atom stereocenters. The third kappa shape index (κ3) is 7.23. The fourth-order valence-corrected chi connectivity index (χ4v) is 2.38. The zero-order chi connectivity index (χ0) is 19.0. The molecule has 1 rings (SSSR count). The van der Waals surface area contributed by atoms with Crippen molar-refractivity contribution in [3.8, 4) is 0 Å². The van der Waals surface area contributed by atoms with Gasteiger partial charge < -0.3 is 20.7 Å². The van der Waals surface area contributed by atoms with Gasteiger partial charge in [0.2, 0.25) is 9.70 Å². The van der Waals surface area contributed by atoms with Crippen molar-refractivity contribution in [2.24, 2.45) is 0 Å². The number of para-hydroxylation sites is 1. The van der Waals surface area contributed by atoms with E-state index in [0.29, 0.717) is 12.1 Å². The number of nitrogens with one attached hydrogen (secondary N) is 3. The monoisotopic (exact) mass is 425 g/mol. The molecule has 6 nitrogen and oxygen atoms in total. The average Bonchev–Trinajstić information content (AvgIpc) is 2.53. The Balaban J connectivity index is 2.85. The quantitative estimate of drug-likeness (QED) is 0.280. The van der Waals surface area contributed by atoms with Crippen LogP contribution in [0.2, 0.25) is 0 Å². The van der Waals surface area contributed by atoms with Crippen LogP contribution < -0.4 is 16.0 Å². The highest BCUT2D eigenvalue weighted by Gasteiger charge is 2.34. The van der Waals surface area contributed by atoms with E-state index in [0.717, 1.165) is 0 Å². The molecule has 0 saturated heterocycles. The first-order valence-electron chi connectivity index (χ1n) is 7.30. The predicted molar refractivity (Wildman–Crippen MR) is 104 cm³/mol. The maximum atomic E-state index is 11.8. The van der Waals surface area contributed by atoms with Crippen LogP contribution in [0.15, 0.2) is 24.3 Å². The van der Waals surface area contributed by atoms with Crippen LogP contribution in [-0.4, -0.2) is 34.1 Å². The normalized spacial score (nSPS) is 12.0. The lowest BCUT2D eigenvalue weighted by atomic mass is 10.2. The van der Waals surface area contributed by atoms with Crippen LogP contribution in [0.25, 0.3) is 0 Å². The summed E-state index contributed by atoms with van der Waals surface area (Å²) in [5.74, 6) is -0.816. The van der Waals surface area contributed by atoms with Crippen molar-refractivity contribution in [1.29, 1.82) is 0 Å². The van der Waals surface area contributed by atoms with E-state index in [2.05, 4.69) is 16.0 Å². The molecule has 1 aromatic rings. The van der Waals surface area contributed by atoms with Gasteiger partial charge in [-0.05, 0) is 30.8 Å². The van der Waals surface area contributed by atoms with Crippen LogP contribution in [0.1, 0.15) is 30.1 Å². The summed E-state index contributed by atoms with van der Waals surface area (Å²) in [6.07, 6.45) is -0.125. The molecule has 0 aliphatic carbocycles. The zero-order valence-corrected chi connectivity index (χ0v) is 16.7. The van der Waals surface area contributed by atoms with Crippen molar-refractivity contribution in [2.75, 3.05) is 12.4 Å². The molecular weight excluding hydrogens is 409 g/mol. The Morgan fingerprint density at radius 2 is 1.88 bits per heavy atom. The highest BCUT2D eigenvalue weighted by molar-refractivity contribution is 7.80. The predicted octanol–water partition coefficient (Wildman–Crippen LogP) is 3.37. The highest BCUT2D eigenvalue weighted by atomic mass is 35.6. The summed E-state index contributed by atoms with van der Waals surface area (Å²) >= 11 is 22.8. The molecule has 0 unspecified atom stereocenters. The maximum absolute atomic E-state index is 11.8. The van der Waals surface area contributed by atoms with Crippen LogP contribution in [0.3, 0.4) is 0 Å². The first-order valence-corrected chi connectivity index (χ1v) is 8.84. The topological polar surface area (TPSA) is 79.5 Å². The van der Waals surface area contributed by atoms with Crippen molar-refractivity contribution < 1.29 is 14.3 Å². The SMILES string of the molecule is CCCC(=O)N[C@@H](NC(=S)Nc1ccccc1C(=O)OC)C(Cl)(Cl)Cl. The number of benzene rings is 1.